The number of carbonyl (C=O) groups is 1. The zero-order chi connectivity index (χ0) is 16.1. The summed E-state index contributed by atoms with van der Waals surface area (Å²) in [5.41, 5.74) is 1.90. The number of nitrogens with zero attached hydrogens (tertiary/aromatic N) is 2. The molecule has 3 nitrogen and oxygen atoms in total. The van der Waals surface area contributed by atoms with Crippen LogP contribution in [0.1, 0.15) is 15.9 Å². The number of piperazine rings is 1. The molecule has 0 N–H and O–H groups in total. The van der Waals surface area contributed by atoms with E-state index in [0.717, 1.165) is 32.7 Å². The average molecular weight is 349 g/mol. The molecule has 0 radical (unpaired) electrons. The van der Waals surface area contributed by atoms with Crippen LogP contribution in [0, 0.1) is 5.82 Å². The van der Waals surface area contributed by atoms with Gasteiger partial charge < -0.3 is 0 Å². The molecule has 1 aliphatic rings. The van der Waals surface area contributed by atoms with E-state index in [1.807, 2.05) is 6.07 Å². The molecule has 0 amide bonds. The van der Waals surface area contributed by atoms with Gasteiger partial charge in [-0.25, -0.2) is 4.39 Å². The first-order chi connectivity index (χ1) is 11.2. The Balaban J connectivity index is 0.00000208. The van der Waals surface area contributed by atoms with E-state index in [9.17, 15) is 9.18 Å². The first-order valence-electron chi connectivity index (χ1n) is 7.98. The maximum absolute atomic E-state index is 12.9. The maximum atomic E-state index is 12.9. The van der Waals surface area contributed by atoms with Gasteiger partial charge in [-0.2, -0.15) is 0 Å². The first-order valence-corrected chi connectivity index (χ1v) is 7.98. The van der Waals surface area contributed by atoms with Gasteiger partial charge in [-0.05, 0) is 29.8 Å². The van der Waals surface area contributed by atoms with Gasteiger partial charge in [0.05, 0.1) is 6.54 Å². The Hall–Kier alpha value is -1.75. The fraction of sp³-hybridized carbons (Fsp3) is 0.316. The van der Waals surface area contributed by atoms with Crippen LogP contribution in [0.25, 0.3) is 0 Å². The van der Waals surface area contributed by atoms with Crippen LogP contribution in [-0.4, -0.2) is 48.3 Å². The molecule has 0 spiro atoms. The molecule has 128 valence electrons. The Kier molecular flexibility index (Phi) is 6.91. The topological polar surface area (TPSA) is 23.6 Å². The second kappa shape index (κ2) is 8.92. The standard InChI is InChI=1S/C19H21FN2O.ClH/c20-18-8-6-17(7-9-18)19(23)15-22-12-10-21(11-13-22)14-16-4-2-1-3-5-16;/h1-9H,10-15H2;1H. The van der Waals surface area contributed by atoms with E-state index in [-0.39, 0.29) is 24.0 Å². The quantitative estimate of drug-likeness (QED) is 0.775. The van der Waals surface area contributed by atoms with Crippen LogP contribution in [0.4, 0.5) is 4.39 Å². The molecule has 0 bridgehead atoms. The van der Waals surface area contributed by atoms with Crippen LogP contribution in [0.3, 0.4) is 0 Å². The van der Waals surface area contributed by atoms with Crippen LogP contribution in [0.2, 0.25) is 0 Å². The summed E-state index contributed by atoms with van der Waals surface area (Å²) in [6, 6.07) is 16.2. The molecule has 2 aromatic rings. The van der Waals surface area contributed by atoms with E-state index in [0.29, 0.717) is 12.1 Å². The van der Waals surface area contributed by atoms with E-state index in [1.165, 1.54) is 17.7 Å². The fourth-order valence-electron chi connectivity index (χ4n) is 2.88. The third-order valence-corrected chi connectivity index (χ3v) is 4.25. The van der Waals surface area contributed by atoms with Gasteiger partial charge in [-0.15, -0.1) is 12.4 Å². The number of Topliss-reactive ketones (excluding diaryl/α,β-unsaturated/α-hetero) is 1. The normalized spacial score (nSPS) is 15.7. The second-order valence-electron chi connectivity index (χ2n) is 5.97. The Morgan fingerprint density at radius 1 is 0.875 bits per heavy atom. The number of halogens is 2. The number of ketones is 1. The summed E-state index contributed by atoms with van der Waals surface area (Å²) in [5.74, 6) is -0.252. The minimum Gasteiger partial charge on any atom is -0.297 e. The van der Waals surface area contributed by atoms with E-state index in [2.05, 4.69) is 34.1 Å². The molecular weight excluding hydrogens is 327 g/mol. The lowest BCUT2D eigenvalue weighted by atomic mass is 10.1. The van der Waals surface area contributed by atoms with Crippen LogP contribution in [-0.2, 0) is 6.54 Å². The number of benzene rings is 2. The Morgan fingerprint density at radius 3 is 2.08 bits per heavy atom. The molecule has 5 heteroatoms. The summed E-state index contributed by atoms with van der Waals surface area (Å²) < 4.78 is 12.9. The van der Waals surface area contributed by atoms with E-state index in [4.69, 9.17) is 0 Å². The molecule has 2 aromatic carbocycles. The van der Waals surface area contributed by atoms with Crippen molar-refractivity contribution in [2.45, 2.75) is 6.54 Å². The summed E-state index contributed by atoms with van der Waals surface area (Å²) in [4.78, 5) is 16.8. The second-order valence-corrected chi connectivity index (χ2v) is 5.97. The average Bonchev–Trinajstić information content (AvgIpc) is 2.58. The van der Waals surface area contributed by atoms with Gasteiger partial charge in [-0.1, -0.05) is 30.3 Å². The fourth-order valence-corrected chi connectivity index (χ4v) is 2.88. The highest BCUT2D eigenvalue weighted by molar-refractivity contribution is 5.97. The Morgan fingerprint density at radius 2 is 1.46 bits per heavy atom. The minimum absolute atomic E-state index is 0. The lowest BCUT2D eigenvalue weighted by Gasteiger charge is -2.34. The predicted octanol–water partition coefficient (Wildman–Crippen LogP) is 3.25. The molecule has 1 heterocycles. The van der Waals surface area contributed by atoms with Gasteiger partial charge in [0, 0.05) is 38.3 Å². The van der Waals surface area contributed by atoms with Crippen LogP contribution in [0.5, 0.6) is 0 Å². The van der Waals surface area contributed by atoms with Crippen molar-refractivity contribution < 1.29 is 9.18 Å². The third-order valence-electron chi connectivity index (χ3n) is 4.25. The summed E-state index contributed by atoms with van der Waals surface area (Å²) in [7, 11) is 0. The molecule has 1 fully saturated rings. The van der Waals surface area contributed by atoms with Crippen LogP contribution < -0.4 is 0 Å². The van der Waals surface area contributed by atoms with E-state index in [1.54, 1.807) is 12.1 Å². The number of rotatable bonds is 5. The molecule has 0 aromatic heterocycles. The van der Waals surface area contributed by atoms with Crippen molar-refractivity contribution in [3.8, 4) is 0 Å². The van der Waals surface area contributed by atoms with Crippen molar-refractivity contribution in [1.29, 1.82) is 0 Å². The van der Waals surface area contributed by atoms with Gasteiger partial charge in [0.25, 0.3) is 0 Å². The molecule has 24 heavy (non-hydrogen) atoms. The highest BCUT2D eigenvalue weighted by Crippen LogP contribution is 2.10. The summed E-state index contributed by atoms with van der Waals surface area (Å²) in [6.45, 7) is 5.07. The molecular formula is C19H22ClFN2O. The van der Waals surface area contributed by atoms with Gasteiger partial charge >= 0.3 is 0 Å². The minimum atomic E-state index is -0.309. The number of hydrogen-bond donors (Lipinski definition) is 0. The Labute approximate surface area is 148 Å². The van der Waals surface area contributed by atoms with Gasteiger partial charge in [0.1, 0.15) is 5.82 Å². The number of carbonyl (C=O) groups excluding carboxylic acids is 1. The molecule has 0 saturated carbocycles. The van der Waals surface area contributed by atoms with E-state index < -0.39 is 0 Å². The van der Waals surface area contributed by atoms with Gasteiger partial charge in [0.2, 0.25) is 0 Å². The largest absolute Gasteiger partial charge is 0.297 e. The molecule has 1 aliphatic heterocycles. The van der Waals surface area contributed by atoms with Crippen LogP contribution >= 0.6 is 12.4 Å². The molecule has 0 unspecified atom stereocenters. The monoisotopic (exact) mass is 348 g/mol. The van der Waals surface area contributed by atoms with Crippen molar-refractivity contribution in [1.82, 2.24) is 9.80 Å². The molecule has 1 saturated heterocycles. The maximum Gasteiger partial charge on any atom is 0.176 e. The van der Waals surface area contributed by atoms with Crippen molar-refractivity contribution in [2.24, 2.45) is 0 Å². The molecule has 3 rings (SSSR count). The molecule has 0 atom stereocenters. The van der Waals surface area contributed by atoms with Gasteiger partial charge in [0.15, 0.2) is 5.78 Å². The lowest BCUT2D eigenvalue weighted by molar-refractivity contribution is 0.0844. The Bertz CT molecular complexity index is 640. The van der Waals surface area contributed by atoms with Crippen LogP contribution in [0.15, 0.2) is 54.6 Å². The third kappa shape index (κ3) is 5.13. The van der Waals surface area contributed by atoms with Crippen molar-refractivity contribution in [3.63, 3.8) is 0 Å². The zero-order valence-corrected chi connectivity index (χ0v) is 14.3. The smallest absolute Gasteiger partial charge is 0.176 e. The van der Waals surface area contributed by atoms with Crippen molar-refractivity contribution in [2.75, 3.05) is 32.7 Å². The van der Waals surface area contributed by atoms with Crippen molar-refractivity contribution in [3.05, 3.63) is 71.5 Å². The summed E-state index contributed by atoms with van der Waals surface area (Å²) >= 11 is 0. The predicted molar refractivity (Wildman–Crippen MR) is 96.1 cm³/mol. The number of hydrogen-bond acceptors (Lipinski definition) is 3. The first kappa shape index (κ1) is 18.6. The SMILES string of the molecule is Cl.O=C(CN1CCN(Cc2ccccc2)CC1)c1ccc(F)cc1. The molecule has 0 aliphatic carbocycles. The van der Waals surface area contributed by atoms with Gasteiger partial charge in [-0.3, -0.25) is 14.6 Å². The lowest BCUT2D eigenvalue weighted by Crippen LogP contribution is -2.47. The summed E-state index contributed by atoms with van der Waals surface area (Å²) in [6.07, 6.45) is 0. The van der Waals surface area contributed by atoms with Crippen molar-refractivity contribution >= 4 is 18.2 Å². The zero-order valence-electron chi connectivity index (χ0n) is 13.5. The van der Waals surface area contributed by atoms with E-state index >= 15 is 0 Å². The highest BCUT2D eigenvalue weighted by Gasteiger charge is 2.19. The summed E-state index contributed by atoms with van der Waals surface area (Å²) in [5, 5.41) is 0. The highest BCUT2D eigenvalue weighted by atomic mass is 35.5.